The van der Waals surface area contributed by atoms with Gasteiger partial charge in [0.15, 0.2) is 0 Å². The molecule has 1 aromatic rings. The van der Waals surface area contributed by atoms with E-state index in [-0.39, 0.29) is 0 Å². The Balaban J connectivity index is 2.74. The highest BCUT2D eigenvalue weighted by atomic mass is 16.5. The predicted octanol–water partition coefficient (Wildman–Crippen LogP) is 3.00. The lowest BCUT2D eigenvalue weighted by Crippen LogP contribution is -2.17. The van der Waals surface area contributed by atoms with Crippen LogP contribution in [0.15, 0.2) is 6.20 Å². The number of aromatic nitrogens is 2. The number of methoxy groups -OCH3 is 1. The largest absolute Gasteiger partial charge is 0.383 e. The molecule has 0 fully saturated rings. The minimum Gasteiger partial charge on any atom is -0.383 e. The van der Waals surface area contributed by atoms with Crippen LogP contribution in [0.3, 0.4) is 0 Å². The van der Waals surface area contributed by atoms with Gasteiger partial charge in [-0.3, -0.25) is 0 Å². The smallest absolute Gasteiger partial charge is 0.203 e. The van der Waals surface area contributed by atoms with E-state index >= 15 is 0 Å². The Kier molecular flexibility index (Phi) is 6.05. The minimum absolute atomic E-state index is 0.366. The fraction of sp³-hybridized carbons (Fsp3) is 0.769. The second-order valence-electron chi connectivity index (χ2n) is 4.41. The molecule has 1 unspecified atom stereocenters. The summed E-state index contributed by atoms with van der Waals surface area (Å²) in [4.78, 5) is 4.53. The Morgan fingerprint density at radius 1 is 1.47 bits per heavy atom. The molecule has 4 nitrogen and oxygen atoms in total. The molecule has 0 saturated carbocycles. The van der Waals surface area contributed by atoms with Gasteiger partial charge in [0.2, 0.25) is 5.95 Å². The molecule has 1 atom stereocenters. The summed E-state index contributed by atoms with van der Waals surface area (Å²) in [6.45, 7) is 8.11. The summed E-state index contributed by atoms with van der Waals surface area (Å²) < 4.78 is 7.47. The quantitative estimate of drug-likeness (QED) is 0.709. The highest BCUT2D eigenvalue weighted by Crippen LogP contribution is 2.19. The van der Waals surface area contributed by atoms with Gasteiger partial charge in [-0.2, -0.15) is 0 Å². The highest BCUT2D eigenvalue weighted by Gasteiger charge is 2.13. The molecule has 0 radical (unpaired) electrons. The first kappa shape index (κ1) is 14.0. The Morgan fingerprint density at radius 3 is 2.82 bits per heavy atom. The molecular formula is C13H25N3O. The molecule has 0 aromatic carbocycles. The van der Waals surface area contributed by atoms with Crippen molar-refractivity contribution in [1.29, 1.82) is 0 Å². The van der Waals surface area contributed by atoms with Gasteiger partial charge in [-0.25, -0.2) is 4.98 Å². The van der Waals surface area contributed by atoms with Crippen molar-refractivity contribution in [3.63, 3.8) is 0 Å². The van der Waals surface area contributed by atoms with E-state index in [1.807, 2.05) is 6.92 Å². The molecule has 0 amide bonds. The van der Waals surface area contributed by atoms with Crippen molar-refractivity contribution in [2.75, 3.05) is 25.6 Å². The maximum absolute atomic E-state index is 5.26. The highest BCUT2D eigenvalue weighted by molar-refractivity contribution is 5.29. The van der Waals surface area contributed by atoms with Gasteiger partial charge in [0.25, 0.3) is 0 Å². The topological polar surface area (TPSA) is 39.1 Å². The van der Waals surface area contributed by atoms with Crippen LogP contribution in [0.2, 0.25) is 0 Å². The third-order valence-electron chi connectivity index (χ3n) is 2.89. The normalized spacial score (nSPS) is 12.7. The van der Waals surface area contributed by atoms with Crippen molar-refractivity contribution in [3.8, 4) is 0 Å². The molecule has 1 aromatic heterocycles. The summed E-state index contributed by atoms with van der Waals surface area (Å²) >= 11 is 0. The van der Waals surface area contributed by atoms with E-state index in [2.05, 4.69) is 34.9 Å². The Bertz CT molecular complexity index is 322. The van der Waals surface area contributed by atoms with Crippen LogP contribution >= 0.6 is 0 Å². The molecule has 0 aliphatic rings. The number of anilines is 1. The van der Waals surface area contributed by atoms with E-state index in [0.717, 1.165) is 31.2 Å². The van der Waals surface area contributed by atoms with Crippen LogP contribution in [-0.4, -0.2) is 29.8 Å². The van der Waals surface area contributed by atoms with Gasteiger partial charge >= 0.3 is 0 Å². The molecule has 1 N–H and O–H groups in total. The lowest BCUT2D eigenvalue weighted by atomic mass is 10.2. The summed E-state index contributed by atoms with van der Waals surface area (Å²) in [7, 11) is 1.75. The first-order valence-electron chi connectivity index (χ1n) is 6.51. The maximum atomic E-state index is 5.26. The van der Waals surface area contributed by atoms with Gasteiger partial charge in [0.1, 0.15) is 0 Å². The van der Waals surface area contributed by atoms with Crippen LogP contribution < -0.4 is 5.32 Å². The lowest BCUT2D eigenvalue weighted by molar-refractivity contribution is 0.154. The summed E-state index contributed by atoms with van der Waals surface area (Å²) in [6.07, 6.45) is 5.52. The number of nitrogens with one attached hydrogen (secondary N) is 1. The van der Waals surface area contributed by atoms with Crippen LogP contribution in [-0.2, 0) is 4.74 Å². The SMILES string of the molecule is CCCCNc1nc(C)cn1C(CC)COC. The van der Waals surface area contributed by atoms with Crippen molar-refractivity contribution in [2.24, 2.45) is 0 Å². The fourth-order valence-corrected chi connectivity index (χ4v) is 1.89. The van der Waals surface area contributed by atoms with Gasteiger partial charge in [0, 0.05) is 19.9 Å². The zero-order valence-electron chi connectivity index (χ0n) is 11.5. The summed E-state index contributed by atoms with van der Waals surface area (Å²) in [5, 5.41) is 3.40. The fourth-order valence-electron chi connectivity index (χ4n) is 1.89. The molecule has 0 spiro atoms. The van der Waals surface area contributed by atoms with E-state index in [1.165, 1.54) is 12.8 Å². The number of imidazole rings is 1. The predicted molar refractivity (Wildman–Crippen MR) is 71.6 cm³/mol. The Hall–Kier alpha value is -1.03. The number of hydrogen-bond donors (Lipinski definition) is 1. The second kappa shape index (κ2) is 7.33. The average Bonchev–Trinajstić information content (AvgIpc) is 2.68. The maximum Gasteiger partial charge on any atom is 0.203 e. The van der Waals surface area contributed by atoms with Gasteiger partial charge < -0.3 is 14.6 Å². The van der Waals surface area contributed by atoms with Crippen LogP contribution in [0.25, 0.3) is 0 Å². The molecular weight excluding hydrogens is 214 g/mol. The van der Waals surface area contributed by atoms with E-state index in [4.69, 9.17) is 4.74 Å². The van der Waals surface area contributed by atoms with Crippen LogP contribution in [0.1, 0.15) is 44.8 Å². The van der Waals surface area contributed by atoms with E-state index in [0.29, 0.717) is 6.04 Å². The molecule has 1 rings (SSSR count). The van der Waals surface area contributed by atoms with Crippen LogP contribution in [0.4, 0.5) is 5.95 Å². The average molecular weight is 239 g/mol. The van der Waals surface area contributed by atoms with E-state index < -0.39 is 0 Å². The van der Waals surface area contributed by atoms with Crippen LogP contribution in [0, 0.1) is 6.92 Å². The summed E-state index contributed by atoms with van der Waals surface area (Å²) in [6, 6.07) is 0.366. The van der Waals surface area contributed by atoms with Crippen molar-refractivity contribution in [3.05, 3.63) is 11.9 Å². The van der Waals surface area contributed by atoms with Crippen molar-refractivity contribution in [2.45, 2.75) is 46.1 Å². The minimum atomic E-state index is 0.366. The zero-order chi connectivity index (χ0) is 12.7. The molecule has 0 aliphatic heterocycles. The molecule has 0 saturated heterocycles. The summed E-state index contributed by atoms with van der Waals surface area (Å²) in [5.41, 5.74) is 1.05. The Morgan fingerprint density at radius 2 is 2.24 bits per heavy atom. The van der Waals surface area contributed by atoms with Gasteiger partial charge in [0.05, 0.1) is 18.3 Å². The van der Waals surface area contributed by atoms with Gasteiger partial charge in [-0.15, -0.1) is 0 Å². The number of unbranched alkanes of at least 4 members (excludes halogenated alkanes) is 1. The standard InChI is InChI=1S/C13H25N3O/c1-5-7-8-14-13-15-11(3)9-16(13)12(6-2)10-17-4/h9,12H,5-8,10H2,1-4H3,(H,14,15). The van der Waals surface area contributed by atoms with Gasteiger partial charge in [-0.1, -0.05) is 20.3 Å². The number of aryl methyl sites for hydroxylation is 1. The molecule has 98 valence electrons. The van der Waals surface area contributed by atoms with Crippen LogP contribution in [0.5, 0.6) is 0 Å². The monoisotopic (exact) mass is 239 g/mol. The first-order valence-corrected chi connectivity index (χ1v) is 6.51. The van der Waals surface area contributed by atoms with Gasteiger partial charge in [-0.05, 0) is 19.8 Å². The number of nitrogens with zero attached hydrogens (tertiary/aromatic N) is 2. The Labute approximate surface area is 104 Å². The third kappa shape index (κ3) is 4.04. The number of hydrogen-bond acceptors (Lipinski definition) is 3. The molecule has 4 heteroatoms. The third-order valence-corrected chi connectivity index (χ3v) is 2.89. The van der Waals surface area contributed by atoms with Crippen molar-refractivity contribution < 1.29 is 4.74 Å². The van der Waals surface area contributed by atoms with E-state index in [1.54, 1.807) is 7.11 Å². The van der Waals surface area contributed by atoms with Crippen molar-refractivity contribution >= 4 is 5.95 Å². The second-order valence-corrected chi connectivity index (χ2v) is 4.41. The van der Waals surface area contributed by atoms with Crippen molar-refractivity contribution in [1.82, 2.24) is 9.55 Å². The zero-order valence-corrected chi connectivity index (χ0v) is 11.5. The first-order chi connectivity index (χ1) is 8.22. The summed E-state index contributed by atoms with van der Waals surface area (Å²) in [5.74, 6) is 0.972. The molecule has 0 bridgehead atoms. The number of ether oxygens (including phenoxy) is 1. The molecule has 1 heterocycles. The van der Waals surface area contributed by atoms with E-state index in [9.17, 15) is 0 Å². The number of rotatable bonds is 8. The molecule has 0 aliphatic carbocycles. The molecule has 17 heavy (non-hydrogen) atoms. The lowest BCUT2D eigenvalue weighted by Gasteiger charge is -2.18.